The van der Waals surface area contributed by atoms with Crippen LogP contribution in [0.25, 0.3) is 0 Å². The number of nitrogens with two attached hydrogens (primary N) is 1. The third kappa shape index (κ3) is 9.90. The summed E-state index contributed by atoms with van der Waals surface area (Å²) in [6.07, 6.45) is 0.160. The number of ether oxygens (including phenoxy) is 4. The van der Waals surface area contributed by atoms with E-state index in [0.717, 1.165) is 0 Å². The number of hydrogen-bond donors (Lipinski definition) is 3. The van der Waals surface area contributed by atoms with E-state index in [0.29, 0.717) is 0 Å². The summed E-state index contributed by atoms with van der Waals surface area (Å²) in [6.45, 7) is 6.45. The van der Waals surface area contributed by atoms with Crippen molar-refractivity contribution in [1.29, 1.82) is 0 Å². The Kier molecular flexibility index (Phi) is 10.3. The normalized spacial score (nSPS) is 11.2. The van der Waals surface area contributed by atoms with Crippen LogP contribution in [-0.2, 0) is 19.0 Å². The van der Waals surface area contributed by atoms with Gasteiger partial charge in [0.2, 0.25) is 5.91 Å². The summed E-state index contributed by atoms with van der Waals surface area (Å²) in [7, 11) is 0. The molecular formula is C18H27BrN2O8. The molecule has 0 atom stereocenters. The van der Waals surface area contributed by atoms with E-state index in [1.807, 2.05) is 0 Å². The molecule has 11 heteroatoms. The molecule has 0 aliphatic heterocycles. The third-order valence-electron chi connectivity index (χ3n) is 3.24. The van der Waals surface area contributed by atoms with E-state index < -0.39 is 11.5 Å². The van der Waals surface area contributed by atoms with Gasteiger partial charge in [0.15, 0.2) is 5.69 Å². The van der Waals surface area contributed by atoms with Crippen LogP contribution in [0.15, 0.2) is 16.6 Å². The zero-order valence-corrected chi connectivity index (χ0v) is 18.2. The Morgan fingerprint density at radius 3 is 2.21 bits per heavy atom. The van der Waals surface area contributed by atoms with Crippen LogP contribution < -0.4 is 15.7 Å². The van der Waals surface area contributed by atoms with Crippen molar-refractivity contribution in [3.8, 4) is 5.75 Å². The summed E-state index contributed by atoms with van der Waals surface area (Å²) < 4.78 is 21.5. The van der Waals surface area contributed by atoms with Crippen LogP contribution in [0.5, 0.6) is 5.75 Å². The van der Waals surface area contributed by atoms with E-state index in [2.05, 4.69) is 15.9 Å². The van der Waals surface area contributed by atoms with Crippen molar-refractivity contribution in [2.45, 2.75) is 32.8 Å². The molecule has 0 saturated carbocycles. The number of anilines is 1. The van der Waals surface area contributed by atoms with Crippen molar-refractivity contribution in [3.05, 3.63) is 22.2 Å². The highest BCUT2D eigenvalue weighted by Gasteiger charge is 2.18. The fourth-order valence-corrected chi connectivity index (χ4v) is 2.70. The van der Waals surface area contributed by atoms with E-state index in [4.69, 9.17) is 24.7 Å². The average molecular weight is 479 g/mol. The molecule has 0 spiro atoms. The lowest BCUT2D eigenvalue weighted by atomic mass is 10.2. The number of carbonyl (C=O) groups excluding carboxylic acids is 2. The molecule has 0 unspecified atom stereocenters. The van der Waals surface area contributed by atoms with Crippen molar-refractivity contribution < 1.29 is 39.0 Å². The largest absolute Gasteiger partial charge is 0.489 e. The highest BCUT2D eigenvalue weighted by molar-refractivity contribution is 9.10. The van der Waals surface area contributed by atoms with Crippen LogP contribution in [0.1, 0.15) is 37.6 Å². The number of rotatable bonds is 12. The van der Waals surface area contributed by atoms with Gasteiger partial charge in [0.05, 0.1) is 37.3 Å². The molecule has 0 fully saturated rings. The fourth-order valence-electron chi connectivity index (χ4n) is 2.10. The monoisotopic (exact) mass is 478 g/mol. The summed E-state index contributed by atoms with van der Waals surface area (Å²) in [5, 5.41) is 18.5. The first-order valence-electron chi connectivity index (χ1n) is 8.82. The number of primary amides is 1. The first kappa shape index (κ1) is 25.1. The van der Waals surface area contributed by atoms with Crippen LogP contribution in [0.3, 0.4) is 0 Å². The Morgan fingerprint density at radius 2 is 1.66 bits per heavy atom. The molecule has 0 bridgehead atoms. The van der Waals surface area contributed by atoms with Crippen LogP contribution >= 0.6 is 15.9 Å². The predicted molar refractivity (Wildman–Crippen MR) is 106 cm³/mol. The molecule has 1 amide bonds. The van der Waals surface area contributed by atoms with Crippen molar-refractivity contribution in [2.75, 3.05) is 38.3 Å². The Morgan fingerprint density at radius 1 is 1.07 bits per heavy atom. The van der Waals surface area contributed by atoms with Gasteiger partial charge in [-0.25, -0.2) is 0 Å². The maximum absolute atomic E-state index is 11.5. The maximum atomic E-state index is 11.5. The Hall–Kier alpha value is -1.92. The number of esters is 1. The van der Waals surface area contributed by atoms with Gasteiger partial charge in [0.25, 0.3) is 0 Å². The van der Waals surface area contributed by atoms with Crippen molar-refractivity contribution in [3.63, 3.8) is 0 Å². The summed E-state index contributed by atoms with van der Waals surface area (Å²) >= 11 is 3.12. The molecule has 0 saturated heterocycles. The van der Waals surface area contributed by atoms with Gasteiger partial charge >= 0.3 is 5.97 Å². The van der Waals surface area contributed by atoms with Crippen molar-refractivity contribution in [1.82, 2.24) is 0 Å². The Labute approximate surface area is 177 Å². The molecule has 0 aliphatic carbocycles. The minimum atomic E-state index is -0.690. The lowest BCUT2D eigenvalue weighted by molar-refractivity contribution is -0.156. The molecule has 164 valence electrons. The van der Waals surface area contributed by atoms with Crippen LogP contribution in [-0.4, -0.2) is 60.9 Å². The molecule has 1 rings (SSSR count). The van der Waals surface area contributed by atoms with Gasteiger partial charge in [-0.2, -0.15) is 0 Å². The van der Waals surface area contributed by atoms with Crippen LogP contribution in [0.2, 0.25) is 0 Å². The first-order chi connectivity index (χ1) is 13.5. The highest BCUT2D eigenvalue weighted by Crippen LogP contribution is 2.36. The number of nitrogens with zero attached hydrogens (tertiary/aromatic N) is 1. The third-order valence-corrected chi connectivity index (χ3v) is 3.85. The number of benzene rings is 1. The molecule has 10 nitrogen and oxygen atoms in total. The predicted octanol–water partition coefficient (Wildman–Crippen LogP) is 2.28. The summed E-state index contributed by atoms with van der Waals surface area (Å²) in [6, 6.07) is 2.64. The van der Waals surface area contributed by atoms with E-state index >= 15 is 0 Å². The molecular weight excluding hydrogens is 452 g/mol. The SMILES string of the molecule is CC(C)(C)OC(=O)CCOCCOCCOc1cc(C(N)=O)cc(Br)c1N(O)O. The maximum Gasteiger partial charge on any atom is 0.308 e. The molecule has 1 aromatic rings. The van der Waals surface area contributed by atoms with Crippen molar-refractivity contribution in [2.24, 2.45) is 5.73 Å². The van der Waals surface area contributed by atoms with E-state index in [-0.39, 0.29) is 72.1 Å². The van der Waals surface area contributed by atoms with Gasteiger partial charge < -0.3 is 24.7 Å². The molecule has 1 aromatic carbocycles. The van der Waals surface area contributed by atoms with Gasteiger partial charge in [0.1, 0.15) is 18.0 Å². The van der Waals surface area contributed by atoms with E-state index in [9.17, 15) is 20.0 Å². The van der Waals surface area contributed by atoms with Gasteiger partial charge in [-0.15, -0.1) is 5.23 Å². The highest BCUT2D eigenvalue weighted by atomic mass is 79.9. The molecule has 0 aliphatic rings. The number of halogens is 1. The molecule has 4 N–H and O–H groups in total. The van der Waals surface area contributed by atoms with Crippen molar-refractivity contribution >= 4 is 33.5 Å². The number of carbonyl (C=O) groups is 2. The van der Waals surface area contributed by atoms with E-state index in [1.165, 1.54) is 12.1 Å². The van der Waals surface area contributed by atoms with Gasteiger partial charge in [-0.1, -0.05) is 0 Å². The fraction of sp³-hybridized carbons (Fsp3) is 0.556. The van der Waals surface area contributed by atoms with Crippen LogP contribution in [0, 0.1) is 0 Å². The minimum absolute atomic E-state index is 0.0374. The lowest BCUT2D eigenvalue weighted by Gasteiger charge is -2.19. The Balaban J connectivity index is 2.30. The second kappa shape index (κ2) is 11.9. The molecule has 0 heterocycles. The first-order valence-corrected chi connectivity index (χ1v) is 9.62. The van der Waals surface area contributed by atoms with Gasteiger partial charge in [0, 0.05) is 5.56 Å². The zero-order valence-electron chi connectivity index (χ0n) is 16.6. The molecule has 0 radical (unpaired) electrons. The number of hydrogen-bond acceptors (Lipinski definition) is 9. The van der Waals surface area contributed by atoms with Crippen LogP contribution in [0.4, 0.5) is 5.69 Å². The summed E-state index contributed by atoms with van der Waals surface area (Å²) in [5.74, 6) is -0.978. The minimum Gasteiger partial charge on any atom is -0.489 e. The summed E-state index contributed by atoms with van der Waals surface area (Å²) in [5.41, 5.74) is 4.77. The second-order valence-electron chi connectivity index (χ2n) is 6.87. The summed E-state index contributed by atoms with van der Waals surface area (Å²) in [4.78, 5) is 22.8. The quantitative estimate of drug-likeness (QED) is 0.234. The topological polar surface area (TPSA) is 141 Å². The average Bonchev–Trinajstić information content (AvgIpc) is 2.57. The Bertz CT molecular complexity index is 691. The van der Waals surface area contributed by atoms with Gasteiger partial charge in [-0.3, -0.25) is 20.0 Å². The van der Waals surface area contributed by atoms with Gasteiger partial charge in [-0.05, 0) is 48.8 Å². The molecule has 29 heavy (non-hydrogen) atoms. The lowest BCUT2D eigenvalue weighted by Crippen LogP contribution is -2.24. The zero-order chi connectivity index (χ0) is 22.0. The molecule has 0 aromatic heterocycles. The standard InChI is InChI=1S/C18H27BrN2O8/c1-18(2,3)29-15(22)4-5-26-6-7-27-8-9-28-14-11-12(17(20)23)10-13(19)16(14)21(24)25/h10-11,24-25H,4-9H2,1-3H3,(H2,20,23). The van der Waals surface area contributed by atoms with E-state index in [1.54, 1.807) is 20.8 Å². The smallest absolute Gasteiger partial charge is 0.308 e. The second-order valence-corrected chi connectivity index (χ2v) is 7.72. The number of amides is 1.